The summed E-state index contributed by atoms with van der Waals surface area (Å²) in [7, 11) is 0. The third-order valence-corrected chi connectivity index (χ3v) is 6.61. The highest BCUT2D eigenvalue weighted by Gasteiger charge is 2.67. The predicted molar refractivity (Wildman–Crippen MR) is 126 cm³/mol. The van der Waals surface area contributed by atoms with Crippen LogP contribution < -0.4 is 10.6 Å². The van der Waals surface area contributed by atoms with E-state index in [0.29, 0.717) is 21.7 Å². The average molecular weight is 548 g/mol. The molecule has 176 valence electrons. The van der Waals surface area contributed by atoms with Gasteiger partial charge in [-0.25, -0.2) is 13.2 Å². The Morgan fingerprint density at radius 1 is 0.824 bits per heavy atom. The second-order valence-electron chi connectivity index (χ2n) is 7.59. The van der Waals surface area contributed by atoms with Crippen LogP contribution in [0.25, 0.3) is 0 Å². The van der Waals surface area contributed by atoms with Gasteiger partial charge >= 0.3 is 0 Å². The molecule has 2 atom stereocenters. The summed E-state index contributed by atoms with van der Waals surface area (Å²) in [5, 5.41) is 5.41. The first-order chi connectivity index (χ1) is 16.0. The molecule has 11 heteroatoms. The van der Waals surface area contributed by atoms with Crippen LogP contribution in [-0.2, 0) is 4.79 Å². The van der Waals surface area contributed by atoms with Crippen molar-refractivity contribution in [3.8, 4) is 0 Å². The van der Waals surface area contributed by atoms with Crippen molar-refractivity contribution in [3.63, 3.8) is 0 Å². The van der Waals surface area contributed by atoms with Crippen LogP contribution in [0, 0.1) is 23.4 Å². The Balaban J connectivity index is 1.52. The van der Waals surface area contributed by atoms with E-state index in [0.717, 1.165) is 24.3 Å². The molecule has 0 unspecified atom stereocenters. The van der Waals surface area contributed by atoms with Gasteiger partial charge in [-0.15, -0.1) is 23.2 Å². The normalized spacial score (nSPS) is 18.3. The number of rotatable bonds is 5. The summed E-state index contributed by atoms with van der Waals surface area (Å²) in [5.41, 5.74) is -0.160. The van der Waals surface area contributed by atoms with Crippen LogP contribution in [0.15, 0.2) is 54.6 Å². The van der Waals surface area contributed by atoms with Gasteiger partial charge in [-0.2, -0.15) is 0 Å². The fourth-order valence-corrected chi connectivity index (χ4v) is 4.97. The van der Waals surface area contributed by atoms with Gasteiger partial charge in [-0.05, 0) is 54.1 Å². The fraction of sp³-hybridized carbons (Fsp3) is 0.130. The van der Waals surface area contributed by atoms with Gasteiger partial charge in [0.25, 0.3) is 5.91 Å². The lowest BCUT2D eigenvalue weighted by molar-refractivity contribution is -0.117. The first-order valence-electron chi connectivity index (χ1n) is 9.68. The lowest BCUT2D eigenvalue weighted by Gasteiger charge is -2.10. The third-order valence-electron chi connectivity index (χ3n) is 5.24. The van der Waals surface area contributed by atoms with Crippen molar-refractivity contribution in [2.45, 2.75) is 10.3 Å². The molecule has 0 spiro atoms. The van der Waals surface area contributed by atoms with Crippen LogP contribution in [0.4, 0.5) is 24.5 Å². The van der Waals surface area contributed by atoms with Crippen molar-refractivity contribution >= 4 is 69.6 Å². The molecule has 34 heavy (non-hydrogen) atoms. The molecule has 1 aliphatic rings. The average Bonchev–Trinajstić information content (AvgIpc) is 3.33. The van der Waals surface area contributed by atoms with E-state index in [9.17, 15) is 22.8 Å². The first-order valence-corrected chi connectivity index (χ1v) is 11.2. The van der Waals surface area contributed by atoms with E-state index in [4.69, 9.17) is 46.4 Å². The molecule has 3 aromatic carbocycles. The molecule has 4 rings (SSSR count). The van der Waals surface area contributed by atoms with Gasteiger partial charge < -0.3 is 10.6 Å². The maximum Gasteiger partial charge on any atom is 0.258 e. The van der Waals surface area contributed by atoms with E-state index in [-0.39, 0.29) is 11.4 Å². The summed E-state index contributed by atoms with van der Waals surface area (Å²) in [6.45, 7) is 0. The molecule has 1 fully saturated rings. The molecular weight excluding hydrogens is 535 g/mol. The molecule has 0 aromatic heterocycles. The van der Waals surface area contributed by atoms with Crippen molar-refractivity contribution in [2.24, 2.45) is 5.92 Å². The summed E-state index contributed by atoms with van der Waals surface area (Å²) in [5.74, 6) is -5.83. The maximum atomic E-state index is 14.3. The summed E-state index contributed by atoms with van der Waals surface area (Å²) < 4.78 is 39.7. The van der Waals surface area contributed by atoms with Gasteiger partial charge in [-0.3, -0.25) is 9.59 Å². The van der Waals surface area contributed by atoms with E-state index < -0.39 is 51.0 Å². The third kappa shape index (κ3) is 4.98. The highest BCUT2D eigenvalue weighted by atomic mass is 35.5. The smallest absolute Gasteiger partial charge is 0.258 e. The largest absolute Gasteiger partial charge is 0.326 e. The van der Waals surface area contributed by atoms with Crippen LogP contribution in [0.3, 0.4) is 0 Å². The summed E-state index contributed by atoms with van der Waals surface area (Å²) in [4.78, 5) is 25.3. The Hall–Kier alpha value is -2.45. The van der Waals surface area contributed by atoms with Gasteiger partial charge in [0.1, 0.15) is 21.8 Å². The summed E-state index contributed by atoms with van der Waals surface area (Å²) in [6, 6.07) is 10.5. The number of nitrogens with one attached hydrogen (secondary N) is 2. The SMILES string of the molecule is O=C(Nc1ccc(F)cc1F)c1cc(NC(=O)[C@H]2[C@H](c3cc(Cl)cc(Cl)c3)C2(Cl)Cl)ccc1F. The van der Waals surface area contributed by atoms with Gasteiger partial charge in [-0.1, -0.05) is 23.2 Å². The number of carbonyl (C=O) groups is 2. The van der Waals surface area contributed by atoms with Crippen molar-refractivity contribution in [3.05, 3.63) is 93.2 Å². The molecule has 1 saturated carbocycles. The Labute approximate surface area is 211 Å². The molecule has 3 aromatic rings. The van der Waals surface area contributed by atoms with E-state index in [2.05, 4.69) is 10.6 Å². The number of carbonyl (C=O) groups excluding carboxylic acids is 2. The number of hydrogen-bond acceptors (Lipinski definition) is 2. The number of hydrogen-bond donors (Lipinski definition) is 2. The zero-order valence-electron chi connectivity index (χ0n) is 16.8. The minimum atomic E-state index is -1.43. The molecule has 4 nitrogen and oxygen atoms in total. The number of alkyl halides is 2. The Kier molecular flexibility index (Phi) is 6.75. The highest BCUT2D eigenvalue weighted by molar-refractivity contribution is 6.53. The maximum absolute atomic E-state index is 14.3. The standard InChI is InChI=1S/C23H13Cl4F3N2O2/c24-11-5-10(6-12(25)7-11)19-20(23(19,26)27)22(34)31-14-2-3-16(29)15(9-14)21(33)32-18-4-1-13(28)8-17(18)30/h1-9,19-20H,(H,31,34)(H,32,33)/t19-,20+/m0/s1. The molecule has 0 aliphatic heterocycles. The molecule has 2 amide bonds. The van der Waals surface area contributed by atoms with Crippen LogP contribution in [0.5, 0.6) is 0 Å². The van der Waals surface area contributed by atoms with Crippen LogP contribution in [0.1, 0.15) is 21.8 Å². The van der Waals surface area contributed by atoms with E-state index in [1.165, 1.54) is 12.1 Å². The molecule has 1 aliphatic carbocycles. The number of benzene rings is 3. The minimum Gasteiger partial charge on any atom is -0.326 e. The number of halogens is 7. The first kappa shape index (κ1) is 24.7. The summed E-state index contributed by atoms with van der Waals surface area (Å²) in [6.07, 6.45) is 0. The van der Waals surface area contributed by atoms with Crippen molar-refractivity contribution in [1.29, 1.82) is 0 Å². The topological polar surface area (TPSA) is 58.2 Å². The van der Waals surface area contributed by atoms with Crippen molar-refractivity contribution in [2.75, 3.05) is 10.6 Å². The van der Waals surface area contributed by atoms with Gasteiger partial charge in [0.15, 0.2) is 0 Å². The zero-order chi connectivity index (χ0) is 24.8. The van der Waals surface area contributed by atoms with E-state index in [1.807, 2.05) is 0 Å². The van der Waals surface area contributed by atoms with E-state index in [1.54, 1.807) is 12.1 Å². The highest BCUT2D eigenvalue weighted by Crippen LogP contribution is 2.65. The summed E-state index contributed by atoms with van der Waals surface area (Å²) >= 11 is 24.7. The second kappa shape index (κ2) is 9.30. The predicted octanol–water partition coefficient (Wildman–Crippen LogP) is 7.19. The second-order valence-corrected chi connectivity index (χ2v) is 9.91. The number of amides is 2. The van der Waals surface area contributed by atoms with Crippen molar-refractivity contribution < 1.29 is 22.8 Å². The lowest BCUT2D eigenvalue weighted by Crippen LogP contribution is -2.19. The van der Waals surface area contributed by atoms with Gasteiger partial charge in [0, 0.05) is 27.7 Å². The Morgan fingerprint density at radius 2 is 1.50 bits per heavy atom. The lowest BCUT2D eigenvalue weighted by atomic mass is 10.1. The zero-order valence-corrected chi connectivity index (χ0v) is 19.8. The van der Waals surface area contributed by atoms with Crippen LogP contribution in [-0.4, -0.2) is 16.1 Å². The number of anilines is 2. The molecule has 0 bridgehead atoms. The van der Waals surface area contributed by atoms with Gasteiger partial charge in [0.2, 0.25) is 5.91 Å². The minimum absolute atomic E-state index is 0.0787. The molecule has 0 heterocycles. The Bertz CT molecular complexity index is 1300. The monoisotopic (exact) mass is 546 g/mol. The quantitative estimate of drug-likeness (QED) is 0.332. The van der Waals surface area contributed by atoms with Crippen LogP contribution >= 0.6 is 46.4 Å². The fourth-order valence-electron chi connectivity index (χ4n) is 3.60. The van der Waals surface area contributed by atoms with Crippen molar-refractivity contribution in [1.82, 2.24) is 0 Å². The molecule has 2 N–H and O–H groups in total. The van der Waals surface area contributed by atoms with Crippen LogP contribution in [0.2, 0.25) is 10.0 Å². The molecule has 0 saturated heterocycles. The molecule has 0 radical (unpaired) electrons. The molecular formula is C23H13Cl4F3N2O2. The van der Waals surface area contributed by atoms with E-state index >= 15 is 0 Å². The Morgan fingerprint density at radius 3 is 2.15 bits per heavy atom. The van der Waals surface area contributed by atoms with Gasteiger partial charge in [0.05, 0.1) is 17.2 Å².